The van der Waals surface area contributed by atoms with Gasteiger partial charge in [-0.1, -0.05) is 37.3 Å². The van der Waals surface area contributed by atoms with Gasteiger partial charge in [0.25, 0.3) is 0 Å². The molecule has 1 aromatic rings. The maximum Gasteiger partial charge on any atom is 0.191 e. The highest BCUT2D eigenvalue weighted by Gasteiger charge is 2.16. The van der Waals surface area contributed by atoms with E-state index in [4.69, 9.17) is 9.73 Å². The number of benzene rings is 1. The standard InChI is InChI=1S/C21H36N4O.HI/c1-4-22-21(24-15-19-10-12-25(3)13-11-19)23-14-18(2)16-26-17-20-8-6-5-7-9-20;/h5-9,18-19H,4,10-17H2,1-3H3,(H2,22,23,24);1H. The summed E-state index contributed by atoms with van der Waals surface area (Å²) in [6, 6.07) is 10.3. The van der Waals surface area contributed by atoms with Crippen LogP contribution < -0.4 is 10.6 Å². The minimum absolute atomic E-state index is 0. The van der Waals surface area contributed by atoms with Crippen molar-refractivity contribution < 1.29 is 4.74 Å². The van der Waals surface area contributed by atoms with Gasteiger partial charge in [0.2, 0.25) is 0 Å². The lowest BCUT2D eigenvalue weighted by molar-refractivity contribution is 0.0945. The average molecular weight is 488 g/mol. The number of likely N-dealkylation sites (tertiary alicyclic amines) is 1. The molecule has 0 bridgehead atoms. The second kappa shape index (κ2) is 14.2. The Morgan fingerprint density at radius 2 is 1.93 bits per heavy atom. The number of rotatable bonds is 9. The molecule has 0 radical (unpaired) electrons. The van der Waals surface area contributed by atoms with Crippen LogP contribution in [-0.4, -0.2) is 57.2 Å². The molecule has 1 aliphatic rings. The van der Waals surface area contributed by atoms with E-state index in [0.29, 0.717) is 12.5 Å². The van der Waals surface area contributed by atoms with Crippen molar-refractivity contribution in [1.29, 1.82) is 0 Å². The maximum atomic E-state index is 5.82. The molecule has 0 aliphatic carbocycles. The lowest BCUT2D eigenvalue weighted by Gasteiger charge is -2.29. The van der Waals surface area contributed by atoms with Crippen LogP contribution in [0.4, 0.5) is 0 Å². The highest BCUT2D eigenvalue weighted by molar-refractivity contribution is 14.0. The van der Waals surface area contributed by atoms with E-state index >= 15 is 0 Å². The largest absolute Gasteiger partial charge is 0.376 e. The van der Waals surface area contributed by atoms with Crippen LogP contribution in [0.1, 0.15) is 32.3 Å². The highest BCUT2D eigenvalue weighted by Crippen LogP contribution is 2.14. The lowest BCUT2D eigenvalue weighted by Crippen LogP contribution is -2.42. The quantitative estimate of drug-likeness (QED) is 0.318. The van der Waals surface area contributed by atoms with E-state index in [-0.39, 0.29) is 24.0 Å². The Labute approximate surface area is 182 Å². The number of hydrogen-bond donors (Lipinski definition) is 2. The fourth-order valence-electron chi connectivity index (χ4n) is 3.10. The molecule has 1 unspecified atom stereocenters. The van der Waals surface area contributed by atoms with Crippen molar-refractivity contribution in [3.63, 3.8) is 0 Å². The second-order valence-electron chi connectivity index (χ2n) is 7.45. The van der Waals surface area contributed by atoms with Gasteiger partial charge in [0.1, 0.15) is 0 Å². The van der Waals surface area contributed by atoms with Gasteiger partial charge in [-0.3, -0.25) is 4.99 Å². The smallest absolute Gasteiger partial charge is 0.191 e. The van der Waals surface area contributed by atoms with Crippen LogP contribution in [0.2, 0.25) is 0 Å². The van der Waals surface area contributed by atoms with Crippen molar-refractivity contribution in [2.45, 2.75) is 33.3 Å². The maximum absolute atomic E-state index is 5.82. The first-order chi connectivity index (χ1) is 12.7. The zero-order valence-electron chi connectivity index (χ0n) is 17.1. The van der Waals surface area contributed by atoms with Gasteiger partial charge in [-0.15, -0.1) is 24.0 Å². The normalized spacial score (nSPS) is 17.2. The topological polar surface area (TPSA) is 48.9 Å². The number of nitrogens with one attached hydrogen (secondary N) is 2. The monoisotopic (exact) mass is 488 g/mol. The first-order valence-electron chi connectivity index (χ1n) is 9.99. The van der Waals surface area contributed by atoms with Gasteiger partial charge in [-0.2, -0.15) is 0 Å². The van der Waals surface area contributed by atoms with Crippen LogP contribution in [0.25, 0.3) is 0 Å². The molecular formula is C21H37IN4O. The summed E-state index contributed by atoms with van der Waals surface area (Å²) in [5.41, 5.74) is 1.22. The zero-order valence-corrected chi connectivity index (χ0v) is 19.4. The van der Waals surface area contributed by atoms with E-state index < -0.39 is 0 Å². The molecule has 2 rings (SSSR count). The summed E-state index contributed by atoms with van der Waals surface area (Å²) < 4.78 is 5.82. The van der Waals surface area contributed by atoms with Crippen molar-refractivity contribution in [2.75, 3.05) is 46.4 Å². The molecule has 0 aromatic heterocycles. The van der Waals surface area contributed by atoms with E-state index in [9.17, 15) is 0 Å². The Morgan fingerprint density at radius 3 is 2.59 bits per heavy atom. The van der Waals surface area contributed by atoms with E-state index in [2.05, 4.69) is 48.6 Å². The van der Waals surface area contributed by atoms with Crippen LogP contribution in [0.5, 0.6) is 0 Å². The van der Waals surface area contributed by atoms with E-state index in [1.54, 1.807) is 0 Å². The van der Waals surface area contributed by atoms with Crippen molar-refractivity contribution >= 4 is 29.9 Å². The minimum atomic E-state index is 0. The summed E-state index contributed by atoms with van der Waals surface area (Å²) in [5.74, 6) is 2.08. The zero-order chi connectivity index (χ0) is 18.6. The average Bonchev–Trinajstić information content (AvgIpc) is 2.66. The lowest BCUT2D eigenvalue weighted by atomic mass is 9.97. The van der Waals surface area contributed by atoms with Gasteiger partial charge in [0, 0.05) is 19.6 Å². The molecule has 1 aromatic carbocycles. The molecule has 154 valence electrons. The number of aliphatic imine (C=N–C) groups is 1. The van der Waals surface area contributed by atoms with Gasteiger partial charge in [-0.25, -0.2) is 0 Å². The molecule has 5 nitrogen and oxygen atoms in total. The van der Waals surface area contributed by atoms with Gasteiger partial charge in [0.15, 0.2) is 5.96 Å². The fourth-order valence-corrected chi connectivity index (χ4v) is 3.10. The Kier molecular flexibility index (Phi) is 12.7. The fraction of sp³-hybridized carbons (Fsp3) is 0.667. The summed E-state index contributed by atoms with van der Waals surface area (Å²) in [6.45, 7) is 10.8. The van der Waals surface area contributed by atoms with Crippen LogP contribution >= 0.6 is 24.0 Å². The molecule has 1 saturated heterocycles. The molecular weight excluding hydrogens is 451 g/mol. The third-order valence-electron chi connectivity index (χ3n) is 4.82. The minimum Gasteiger partial charge on any atom is -0.376 e. The SMILES string of the molecule is CCNC(=NCC(C)COCc1ccccc1)NCC1CCN(C)CC1.I. The van der Waals surface area contributed by atoms with E-state index in [1.807, 2.05) is 18.2 Å². The molecule has 1 fully saturated rings. The molecule has 1 atom stereocenters. The van der Waals surface area contributed by atoms with Crippen LogP contribution in [0, 0.1) is 11.8 Å². The number of guanidine groups is 1. The predicted octanol–water partition coefficient (Wildman–Crippen LogP) is 3.35. The first-order valence-corrected chi connectivity index (χ1v) is 9.99. The van der Waals surface area contributed by atoms with Crippen LogP contribution in [0.3, 0.4) is 0 Å². The molecule has 0 spiro atoms. The van der Waals surface area contributed by atoms with Crippen molar-refractivity contribution in [2.24, 2.45) is 16.8 Å². The predicted molar refractivity (Wildman–Crippen MR) is 125 cm³/mol. The number of piperidine rings is 1. The molecule has 0 amide bonds. The van der Waals surface area contributed by atoms with E-state index in [0.717, 1.165) is 38.1 Å². The van der Waals surface area contributed by atoms with Crippen LogP contribution in [-0.2, 0) is 11.3 Å². The summed E-state index contributed by atoms with van der Waals surface area (Å²) in [4.78, 5) is 7.15. The second-order valence-corrected chi connectivity index (χ2v) is 7.45. The van der Waals surface area contributed by atoms with Crippen molar-refractivity contribution in [3.8, 4) is 0 Å². The van der Waals surface area contributed by atoms with Crippen molar-refractivity contribution in [1.82, 2.24) is 15.5 Å². The third-order valence-corrected chi connectivity index (χ3v) is 4.82. The highest BCUT2D eigenvalue weighted by atomic mass is 127. The Bertz CT molecular complexity index is 518. The number of nitrogens with zero attached hydrogens (tertiary/aromatic N) is 2. The summed E-state index contributed by atoms with van der Waals surface area (Å²) in [6.07, 6.45) is 2.54. The van der Waals surface area contributed by atoms with Crippen LogP contribution in [0.15, 0.2) is 35.3 Å². The summed E-state index contributed by atoms with van der Waals surface area (Å²) in [7, 11) is 2.20. The Hall–Kier alpha value is -0.860. The molecule has 1 aliphatic heterocycles. The first kappa shape index (κ1) is 24.2. The van der Waals surface area contributed by atoms with Gasteiger partial charge in [0.05, 0.1) is 13.2 Å². The third kappa shape index (κ3) is 10.3. The molecule has 0 saturated carbocycles. The summed E-state index contributed by atoms with van der Waals surface area (Å²) in [5, 5.41) is 6.88. The Balaban J connectivity index is 0.00000364. The number of ether oxygens (including phenoxy) is 1. The Morgan fingerprint density at radius 1 is 1.22 bits per heavy atom. The summed E-state index contributed by atoms with van der Waals surface area (Å²) >= 11 is 0. The van der Waals surface area contributed by atoms with Crippen molar-refractivity contribution in [3.05, 3.63) is 35.9 Å². The van der Waals surface area contributed by atoms with Gasteiger partial charge < -0.3 is 20.3 Å². The van der Waals surface area contributed by atoms with Gasteiger partial charge >= 0.3 is 0 Å². The van der Waals surface area contributed by atoms with E-state index in [1.165, 1.54) is 31.5 Å². The molecule has 27 heavy (non-hydrogen) atoms. The van der Waals surface area contributed by atoms with Gasteiger partial charge in [-0.05, 0) is 57.3 Å². The molecule has 6 heteroatoms. The number of hydrogen-bond acceptors (Lipinski definition) is 3. The molecule has 2 N–H and O–H groups in total. The molecule has 1 heterocycles. The number of halogens is 1.